The zero-order chi connectivity index (χ0) is 15.9. The van der Waals surface area contributed by atoms with Gasteiger partial charge in [-0.2, -0.15) is 0 Å². The number of carbonyl (C=O) groups excluding carboxylic acids is 1. The van der Waals surface area contributed by atoms with Crippen LogP contribution in [0.3, 0.4) is 0 Å². The number of hydrogen-bond donors (Lipinski definition) is 2. The number of benzene rings is 1. The molecular formula is C17H20N2O3. The highest BCUT2D eigenvalue weighted by Gasteiger charge is 2.18. The van der Waals surface area contributed by atoms with Gasteiger partial charge < -0.3 is 15.0 Å². The number of carboxylic acid groups (broad SMARTS) is 1. The lowest BCUT2D eigenvalue weighted by Crippen LogP contribution is -2.31. The van der Waals surface area contributed by atoms with Gasteiger partial charge >= 0.3 is 5.97 Å². The van der Waals surface area contributed by atoms with Crippen LogP contribution in [-0.2, 0) is 11.3 Å². The van der Waals surface area contributed by atoms with E-state index in [9.17, 15) is 9.59 Å². The van der Waals surface area contributed by atoms with Crippen LogP contribution in [0.1, 0.15) is 41.7 Å². The molecule has 0 aliphatic rings. The number of nitrogens with one attached hydrogen (secondary N) is 1. The highest BCUT2D eigenvalue weighted by atomic mass is 16.4. The van der Waals surface area contributed by atoms with E-state index in [4.69, 9.17) is 5.11 Å². The van der Waals surface area contributed by atoms with E-state index >= 15 is 0 Å². The number of nitrogens with zero attached hydrogens (tertiary/aromatic N) is 1. The monoisotopic (exact) mass is 300 g/mol. The molecule has 1 atom stereocenters. The van der Waals surface area contributed by atoms with Crippen molar-refractivity contribution in [2.45, 2.75) is 32.4 Å². The van der Waals surface area contributed by atoms with Crippen LogP contribution in [0.4, 0.5) is 0 Å². The van der Waals surface area contributed by atoms with Gasteiger partial charge in [-0.1, -0.05) is 25.5 Å². The highest BCUT2D eigenvalue weighted by molar-refractivity contribution is 5.87. The standard InChI is InChI=1S/C17H20N2O3/c1-2-5-15(19-10-3-4-11-19)16(20)18-12-13-6-8-14(9-7-13)17(21)22/h3-4,6-11,15H,2,5,12H2,1H3,(H,18,20)(H,21,22)/t15-/m0/s1. The number of aromatic nitrogens is 1. The molecule has 2 N–H and O–H groups in total. The Hall–Kier alpha value is -2.56. The fourth-order valence-corrected chi connectivity index (χ4v) is 2.32. The predicted octanol–water partition coefficient (Wildman–Crippen LogP) is 2.84. The lowest BCUT2D eigenvalue weighted by molar-refractivity contribution is -0.124. The second-order valence-corrected chi connectivity index (χ2v) is 5.15. The van der Waals surface area contributed by atoms with Crippen molar-refractivity contribution in [1.29, 1.82) is 0 Å². The number of hydrogen-bond acceptors (Lipinski definition) is 2. The van der Waals surface area contributed by atoms with Crippen molar-refractivity contribution in [3.63, 3.8) is 0 Å². The van der Waals surface area contributed by atoms with Crippen molar-refractivity contribution in [2.24, 2.45) is 0 Å². The van der Waals surface area contributed by atoms with Gasteiger partial charge in [0.2, 0.25) is 5.91 Å². The Balaban J connectivity index is 1.97. The van der Waals surface area contributed by atoms with Crippen molar-refractivity contribution in [3.05, 3.63) is 59.9 Å². The first kappa shape index (κ1) is 15.8. The molecule has 2 rings (SSSR count). The molecule has 5 nitrogen and oxygen atoms in total. The van der Waals surface area contributed by atoms with Gasteiger partial charge in [0.25, 0.3) is 0 Å². The van der Waals surface area contributed by atoms with Gasteiger partial charge in [0, 0.05) is 18.9 Å². The van der Waals surface area contributed by atoms with Crippen LogP contribution in [0.25, 0.3) is 0 Å². The van der Waals surface area contributed by atoms with Crippen LogP contribution >= 0.6 is 0 Å². The number of carboxylic acids is 1. The van der Waals surface area contributed by atoms with Crippen LogP contribution in [0.2, 0.25) is 0 Å². The summed E-state index contributed by atoms with van der Waals surface area (Å²) in [7, 11) is 0. The maximum Gasteiger partial charge on any atom is 0.335 e. The van der Waals surface area contributed by atoms with E-state index in [0.717, 1.165) is 18.4 Å². The van der Waals surface area contributed by atoms with E-state index in [1.54, 1.807) is 24.3 Å². The molecule has 0 aliphatic heterocycles. The summed E-state index contributed by atoms with van der Waals surface area (Å²) in [4.78, 5) is 23.2. The van der Waals surface area contributed by atoms with Crippen LogP contribution < -0.4 is 5.32 Å². The third kappa shape index (κ3) is 3.97. The van der Waals surface area contributed by atoms with Crippen molar-refractivity contribution in [3.8, 4) is 0 Å². The maximum absolute atomic E-state index is 12.4. The van der Waals surface area contributed by atoms with Crippen molar-refractivity contribution in [2.75, 3.05) is 0 Å². The molecular weight excluding hydrogens is 280 g/mol. The number of aromatic carboxylic acids is 1. The molecule has 22 heavy (non-hydrogen) atoms. The van der Waals surface area contributed by atoms with Crippen LogP contribution in [0.5, 0.6) is 0 Å². The van der Waals surface area contributed by atoms with Gasteiger partial charge in [0.05, 0.1) is 5.56 Å². The first-order valence-corrected chi connectivity index (χ1v) is 7.34. The van der Waals surface area contributed by atoms with Crippen molar-refractivity contribution in [1.82, 2.24) is 9.88 Å². The third-order valence-corrected chi connectivity index (χ3v) is 3.52. The van der Waals surface area contributed by atoms with E-state index in [0.29, 0.717) is 6.54 Å². The summed E-state index contributed by atoms with van der Waals surface area (Å²) in [5.41, 5.74) is 1.12. The first-order valence-electron chi connectivity index (χ1n) is 7.34. The Bertz CT molecular complexity index is 618. The van der Waals surface area contributed by atoms with Gasteiger partial charge in [-0.05, 0) is 36.2 Å². The van der Waals surface area contributed by atoms with Crippen molar-refractivity contribution >= 4 is 11.9 Å². The topological polar surface area (TPSA) is 71.3 Å². The Kier molecular flexibility index (Phi) is 5.36. The Morgan fingerprint density at radius 1 is 1.18 bits per heavy atom. The maximum atomic E-state index is 12.4. The molecule has 1 aromatic heterocycles. The molecule has 0 bridgehead atoms. The normalized spacial score (nSPS) is 11.9. The van der Waals surface area contributed by atoms with Gasteiger partial charge in [-0.25, -0.2) is 4.79 Å². The van der Waals surface area contributed by atoms with Gasteiger partial charge in [0.1, 0.15) is 6.04 Å². The van der Waals surface area contributed by atoms with Crippen LogP contribution in [0.15, 0.2) is 48.8 Å². The quantitative estimate of drug-likeness (QED) is 0.826. The number of rotatable bonds is 7. The summed E-state index contributed by atoms with van der Waals surface area (Å²) in [5.74, 6) is -0.980. The molecule has 0 aliphatic carbocycles. The largest absolute Gasteiger partial charge is 0.478 e. The molecule has 1 aromatic carbocycles. The SMILES string of the molecule is CCC[C@@H](C(=O)NCc1ccc(C(=O)O)cc1)n1cccc1. The second-order valence-electron chi connectivity index (χ2n) is 5.15. The van der Waals surface area contributed by atoms with Gasteiger partial charge in [-0.3, -0.25) is 4.79 Å². The minimum absolute atomic E-state index is 0.0274. The summed E-state index contributed by atoms with van der Waals surface area (Å²) in [6.07, 6.45) is 5.48. The van der Waals surface area contributed by atoms with E-state index in [1.165, 1.54) is 0 Å². The summed E-state index contributed by atoms with van der Waals surface area (Å²) < 4.78 is 1.91. The Morgan fingerprint density at radius 2 is 1.82 bits per heavy atom. The lowest BCUT2D eigenvalue weighted by Gasteiger charge is -2.18. The molecule has 0 saturated heterocycles. The summed E-state index contributed by atoms with van der Waals surface area (Å²) in [6.45, 7) is 2.44. The third-order valence-electron chi connectivity index (χ3n) is 3.52. The Morgan fingerprint density at radius 3 is 2.36 bits per heavy atom. The minimum Gasteiger partial charge on any atom is -0.478 e. The van der Waals surface area contributed by atoms with Crippen LogP contribution in [0, 0.1) is 0 Å². The molecule has 1 amide bonds. The molecule has 1 heterocycles. The summed E-state index contributed by atoms with van der Waals surface area (Å²) in [5, 5.41) is 11.8. The molecule has 0 spiro atoms. The average molecular weight is 300 g/mol. The zero-order valence-electron chi connectivity index (χ0n) is 12.5. The zero-order valence-corrected chi connectivity index (χ0v) is 12.5. The fourth-order valence-electron chi connectivity index (χ4n) is 2.32. The number of amides is 1. The Labute approximate surface area is 129 Å². The molecule has 0 saturated carbocycles. The van der Waals surface area contributed by atoms with Gasteiger partial charge in [0.15, 0.2) is 0 Å². The number of carbonyl (C=O) groups is 2. The molecule has 0 unspecified atom stereocenters. The molecule has 0 radical (unpaired) electrons. The second kappa shape index (κ2) is 7.45. The highest BCUT2D eigenvalue weighted by Crippen LogP contribution is 2.14. The molecule has 2 aromatic rings. The predicted molar refractivity (Wildman–Crippen MR) is 83.6 cm³/mol. The van der Waals surface area contributed by atoms with E-state index < -0.39 is 5.97 Å². The average Bonchev–Trinajstić information content (AvgIpc) is 3.04. The van der Waals surface area contributed by atoms with Gasteiger partial charge in [-0.15, -0.1) is 0 Å². The minimum atomic E-state index is -0.953. The first-order chi connectivity index (χ1) is 10.6. The van der Waals surface area contributed by atoms with E-state index in [2.05, 4.69) is 12.2 Å². The molecule has 0 fully saturated rings. The molecule has 5 heteroatoms. The van der Waals surface area contributed by atoms with E-state index in [-0.39, 0.29) is 17.5 Å². The smallest absolute Gasteiger partial charge is 0.335 e. The summed E-state index contributed by atoms with van der Waals surface area (Å²) >= 11 is 0. The van der Waals surface area contributed by atoms with Crippen molar-refractivity contribution < 1.29 is 14.7 Å². The summed E-state index contributed by atoms with van der Waals surface area (Å²) in [6, 6.07) is 10.1. The molecule has 116 valence electrons. The van der Waals surface area contributed by atoms with E-state index in [1.807, 2.05) is 29.1 Å². The van der Waals surface area contributed by atoms with Crippen LogP contribution in [-0.4, -0.2) is 21.6 Å². The lowest BCUT2D eigenvalue weighted by atomic mass is 10.1. The fraction of sp³-hybridized carbons (Fsp3) is 0.294.